The molecular formula is C12H13F3O3. The van der Waals surface area contributed by atoms with E-state index in [1.807, 2.05) is 0 Å². The summed E-state index contributed by atoms with van der Waals surface area (Å²) < 4.78 is 37.0. The van der Waals surface area contributed by atoms with Gasteiger partial charge in [0, 0.05) is 0 Å². The zero-order chi connectivity index (χ0) is 14.1. The van der Waals surface area contributed by atoms with Crippen molar-refractivity contribution in [1.82, 2.24) is 0 Å². The van der Waals surface area contributed by atoms with Crippen LogP contribution in [-0.2, 0) is 11.0 Å². The normalized spacial score (nSPS) is 14.3. The van der Waals surface area contributed by atoms with Gasteiger partial charge in [-0.15, -0.1) is 0 Å². The van der Waals surface area contributed by atoms with Gasteiger partial charge in [0.1, 0.15) is 0 Å². The fourth-order valence-corrected chi connectivity index (χ4v) is 1.39. The summed E-state index contributed by atoms with van der Waals surface area (Å²) in [5, 5.41) is 18.8. The Bertz CT molecular complexity index is 435. The monoisotopic (exact) mass is 262 g/mol. The van der Waals surface area contributed by atoms with Crippen LogP contribution in [0, 0.1) is 5.41 Å². The van der Waals surface area contributed by atoms with Crippen LogP contribution in [0.1, 0.15) is 31.1 Å². The van der Waals surface area contributed by atoms with Crippen molar-refractivity contribution < 1.29 is 28.2 Å². The van der Waals surface area contributed by atoms with Crippen molar-refractivity contribution in [3.05, 3.63) is 35.4 Å². The topological polar surface area (TPSA) is 57.5 Å². The van der Waals surface area contributed by atoms with Gasteiger partial charge in [-0.3, -0.25) is 4.79 Å². The molecule has 2 N–H and O–H groups in total. The summed E-state index contributed by atoms with van der Waals surface area (Å²) >= 11 is 0. The van der Waals surface area contributed by atoms with Gasteiger partial charge in [-0.25, -0.2) is 0 Å². The molecule has 100 valence electrons. The average molecular weight is 262 g/mol. The summed E-state index contributed by atoms with van der Waals surface area (Å²) in [6, 6.07) is 3.79. The highest BCUT2D eigenvalue weighted by Crippen LogP contribution is 2.35. The first-order valence-electron chi connectivity index (χ1n) is 5.15. The van der Waals surface area contributed by atoms with Crippen LogP contribution in [0.15, 0.2) is 24.3 Å². The largest absolute Gasteiger partial charge is 0.481 e. The van der Waals surface area contributed by atoms with E-state index in [-0.39, 0.29) is 5.56 Å². The number of rotatable bonds is 3. The molecule has 0 radical (unpaired) electrons. The highest BCUT2D eigenvalue weighted by molar-refractivity contribution is 5.74. The maximum absolute atomic E-state index is 12.3. The molecule has 0 bridgehead atoms. The van der Waals surface area contributed by atoms with E-state index in [2.05, 4.69) is 0 Å². The van der Waals surface area contributed by atoms with Crippen molar-refractivity contribution in [2.45, 2.75) is 26.1 Å². The molecule has 0 fully saturated rings. The van der Waals surface area contributed by atoms with E-state index in [4.69, 9.17) is 5.11 Å². The van der Waals surface area contributed by atoms with Crippen LogP contribution in [0.2, 0.25) is 0 Å². The molecule has 0 spiro atoms. The molecule has 1 aromatic carbocycles. The number of carbonyl (C=O) groups is 1. The second kappa shape index (κ2) is 4.61. The number of carboxylic acid groups (broad SMARTS) is 1. The number of hydrogen-bond donors (Lipinski definition) is 2. The van der Waals surface area contributed by atoms with Gasteiger partial charge in [-0.05, 0) is 31.5 Å². The van der Waals surface area contributed by atoms with Gasteiger partial charge in [0.2, 0.25) is 0 Å². The highest BCUT2D eigenvalue weighted by Gasteiger charge is 2.37. The number of benzene rings is 1. The van der Waals surface area contributed by atoms with E-state index >= 15 is 0 Å². The zero-order valence-corrected chi connectivity index (χ0v) is 9.82. The van der Waals surface area contributed by atoms with Gasteiger partial charge in [0.25, 0.3) is 0 Å². The quantitative estimate of drug-likeness (QED) is 0.880. The lowest BCUT2D eigenvalue weighted by molar-refractivity contribution is -0.153. The highest BCUT2D eigenvalue weighted by atomic mass is 19.4. The van der Waals surface area contributed by atoms with Gasteiger partial charge in [0.15, 0.2) is 0 Å². The molecule has 0 aromatic heterocycles. The van der Waals surface area contributed by atoms with E-state index in [1.54, 1.807) is 0 Å². The maximum atomic E-state index is 12.3. The van der Waals surface area contributed by atoms with Crippen LogP contribution in [-0.4, -0.2) is 16.2 Å². The predicted molar refractivity (Wildman–Crippen MR) is 57.8 cm³/mol. The molecule has 6 heteroatoms. The minimum Gasteiger partial charge on any atom is -0.481 e. The number of aliphatic hydroxyl groups is 1. The molecule has 0 amide bonds. The maximum Gasteiger partial charge on any atom is 0.416 e. The fourth-order valence-electron chi connectivity index (χ4n) is 1.39. The lowest BCUT2D eigenvalue weighted by Crippen LogP contribution is -2.31. The standard InChI is InChI=1S/C12H13F3O3/c1-11(2,10(17)18)9(16)7-3-5-8(6-4-7)12(13,14)15/h3-6,9,16H,1-2H3,(H,17,18). The summed E-state index contributed by atoms with van der Waals surface area (Å²) in [4.78, 5) is 10.9. The Morgan fingerprint density at radius 3 is 1.94 bits per heavy atom. The average Bonchev–Trinajstić information content (AvgIpc) is 2.26. The van der Waals surface area contributed by atoms with Crippen LogP contribution >= 0.6 is 0 Å². The SMILES string of the molecule is CC(C)(C(=O)O)C(O)c1ccc(C(F)(F)F)cc1. The number of aliphatic hydroxyl groups excluding tert-OH is 1. The van der Waals surface area contributed by atoms with Crippen molar-refractivity contribution in [2.75, 3.05) is 0 Å². The van der Waals surface area contributed by atoms with Gasteiger partial charge >= 0.3 is 12.1 Å². The predicted octanol–water partition coefficient (Wildman–Crippen LogP) is 2.85. The van der Waals surface area contributed by atoms with E-state index in [0.717, 1.165) is 24.3 Å². The molecule has 0 saturated carbocycles. The third-order valence-corrected chi connectivity index (χ3v) is 2.79. The van der Waals surface area contributed by atoms with Crippen LogP contribution in [0.4, 0.5) is 13.2 Å². The number of carboxylic acids is 1. The molecular weight excluding hydrogens is 249 g/mol. The Hall–Kier alpha value is -1.56. The Morgan fingerprint density at radius 1 is 1.17 bits per heavy atom. The van der Waals surface area contributed by atoms with Gasteiger partial charge in [-0.2, -0.15) is 13.2 Å². The minimum atomic E-state index is -4.45. The van der Waals surface area contributed by atoms with Crippen molar-refractivity contribution in [2.24, 2.45) is 5.41 Å². The first-order valence-corrected chi connectivity index (χ1v) is 5.15. The van der Waals surface area contributed by atoms with Gasteiger partial charge in [0.05, 0.1) is 17.1 Å². The third-order valence-electron chi connectivity index (χ3n) is 2.79. The molecule has 0 aliphatic heterocycles. The van der Waals surface area contributed by atoms with Crippen LogP contribution < -0.4 is 0 Å². The van der Waals surface area contributed by atoms with E-state index in [0.29, 0.717) is 0 Å². The summed E-state index contributed by atoms with van der Waals surface area (Å²) in [7, 11) is 0. The first-order chi connectivity index (χ1) is 8.06. The summed E-state index contributed by atoms with van der Waals surface area (Å²) in [5.74, 6) is -1.23. The number of aliphatic carboxylic acids is 1. The molecule has 0 aliphatic carbocycles. The number of halogens is 3. The second-order valence-corrected chi connectivity index (χ2v) is 4.55. The Labute approximate surface area is 102 Å². The molecule has 1 atom stereocenters. The minimum absolute atomic E-state index is 0.135. The molecule has 0 saturated heterocycles. The van der Waals surface area contributed by atoms with Crippen molar-refractivity contribution in [3.8, 4) is 0 Å². The molecule has 1 aromatic rings. The smallest absolute Gasteiger partial charge is 0.416 e. The van der Waals surface area contributed by atoms with Crippen LogP contribution in [0.3, 0.4) is 0 Å². The van der Waals surface area contributed by atoms with Crippen molar-refractivity contribution >= 4 is 5.97 Å². The number of hydrogen-bond acceptors (Lipinski definition) is 2. The first kappa shape index (κ1) is 14.5. The van der Waals surface area contributed by atoms with Gasteiger partial charge < -0.3 is 10.2 Å². The Kier molecular flexibility index (Phi) is 3.71. The van der Waals surface area contributed by atoms with Crippen molar-refractivity contribution in [1.29, 1.82) is 0 Å². The lowest BCUT2D eigenvalue weighted by Gasteiger charge is -2.26. The third kappa shape index (κ3) is 2.81. The fraction of sp³-hybridized carbons (Fsp3) is 0.417. The second-order valence-electron chi connectivity index (χ2n) is 4.55. The van der Waals surface area contributed by atoms with Crippen LogP contribution in [0.5, 0.6) is 0 Å². The molecule has 3 nitrogen and oxygen atoms in total. The lowest BCUT2D eigenvalue weighted by atomic mass is 9.82. The van der Waals surface area contributed by atoms with E-state index in [1.165, 1.54) is 13.8 Å². The molecule has 1 unspecified atom stereocenters. The molecule has 0 aliphatic rings. The summed E-state index contributed by atoms with van der Waals surface area (Å²) in [5.41, 5.74) is -2.18. The van der Waals surface area contributed by atoms with Gasteiger partial charge in [-0.1, -0.05) is 12.1 Å². The molecule has 1 rings (SSSR count). The number of alkyl halides is 3. The van der Waals surface area contributed by atoms with Crippen LogP contribution in [0.25, 0.3) is 0 Å². The Balaban J connectivity index is 3.03. The summed E-state index contributed by atoms with van der Waals surface area (Å²) in [6.07, 6.45) is -5.83. The molecule has 18 heavy (non-hydrogen) atoms. The molecule has 0 heterocycles. The Morgan fingerprint density at radius 2 is 1.61 bits per heavy atom. The summed E-state index contributed by atoms with van der Waals surface area (Å²) in [6.45, 7) is 2.61. The van der Waals surface area contributed by atoms with E-state index < -0.39 is 29.2 Å². The van der Waals surface area contributed by atoms with E-state index in [9.17, 15) is 23.1 Å². The van der Waals surface area contributed by atoms with Crippen molar-refractivity contribution in [3.63, 3.8) is 0 Å². The zero-order valence-electron chi connectivity index (χ0n) is 9.82.